The van der Waals surface area contributed by atoms with Gasteiger partial charge in [-0.3, -0.25) is 4.72 Å². The van der Waals surface area contributed by atoms with Crippen LogP contribution in [0.5, 0.6) is 5.88 Å². The van der Waals surface area contributed by atoms with Gasteiger partial charge in [0.2, 0.25) is 5.88 Å². The van der Waals surface area contributed by atoms with Gasteiger partial charge >= 0.3 is 29.6 Å². The monoisotopic (exact) mass is 465 g/mol. The Bertz CT molecular complexity index is 1470. The van der Waals surface area contributed by atoms with Gasteiger partial charge in [0.1, 0.15) is 28.3 Å². The van der Waals surface area contributed by atoms with Crippen molar-refractivity contribution in [1.29, 1.82) is 5.26 Å². The predicted molar refractivity (Wildman–Crippen MR) is 114 cm³/mol. The van der Waals surface area contributed by atoms with Crippen LogP contribution in [0.4, 0.5) is 14.5 Å². The summed E-state index contributed by atoms with van der Waals surface area (Å²) < 4.78 is 61.4. The van der Waals surface area contributed by atoms with Crippen molar-refractivity contribution >= 4 is 50.8 Å². The van der Waals surface area contributed by atoms with Gasteiger partial charge in [-0.05, 0) is 35.9 Å². The maximum atomic E-state index is 14.0. The number of aromatic nitrogens is 3. The quantitative estimate of drug-likeness (QED) is 0.454. The number of nitriles is 1. The van der Waals surface area contributed by atoms with Gasteiger partial charge in [0.05, 0.1) is 24.4 Å². The first kappa shape index (κ1) is 23.6. The van der Waals surface area contributed by atoms with E-state index in [0.717, 1.165) is 12.1 Å². The molecule has 8 nitrogen and oxygen atoms in total. The molecule has 0 unspecified atom stereocenters. The van der Waals surface area contributed by atoms with E-state index >= 15 is 0 Å². The second kappa shape index (κ2) is 9.22. The number of pyridine rings is 2. The minimum atomic E-state index is -4.40. The zero-order chi connectivity index (χ0) is 22.2. The summed E-state index contributed by atoms with van der Waals surface area (Å²) in [6, 6.07) is 9.07. The summed E-state index contributed by atoms with van der Waals surface area (Å²) in [4.78, 5) is 3.39. The third-order valence-electron chi connectivity index (χ3n) is 4.45. The molecule has 0 atom stereocenters. The molecule has 0 amide bonds. The van der Waals surface area contributed by atoms with Crippen LogP contribution in [-0.2, 0) is 10.0 Å². The predicted octanol–water partition coefficient (Wildman–Crippen LogP) is 2.71. The Labute approximate surface area is 203 Å². The molecule has 0 aliphatic rings. The number of ether oxygens (including phenoxy) is 1. The van der Waals surface area contributed by atoms with E-state index in [1.807, 2.05) is 6.07 Å². The van der Waals surface area contributed by atoms with E-state index < -0.39 is 26.6 Å². The number of methoxy groups -OCH3 is 1. The number of hydrogen-bond donors (Lipinski definition) is 1. The van der Waals surface area contributed by atoms with Crippen LogP contribution in [0, 0.1) is 23.0 Å². The van der Waals surface area contributed by atoms with E-state index in [0.29, 0.717) is 28.3 Å². The number of halogens is 2. The molecule has 0 spiro atoms. The molecule has 32 heavy (non-hydrogen) atoms. The molecule has 0 saturated carbocycles. The van der Waals surface area contributed by atoms with Crippen molar-refractivity contribution in [3.63, 3.8) is 0 Å². The van der Waals surface area contributed by atoms with E-state index in [2.05, 4.69) is 14.8 Å². The number of benzene rings is 1. The van der Waals surface area contributed by atoms with Crippen LogP contribution in [0.15, 0.2) is 59.9 Å². The molecule has 158 valence electrons. The first-order valence-electron chi connectivity index (χ1n) is 8.72. The van der Waals surface area contributed by atoms with Crippen LogP contribution < -0.4 is 9.46 Å². The van der Waals surface area contributed by atoms with Crippen molar-refractivity contribution in [3.8, 4) is 23.1 Å². The fourth-order valence-electron chi connectivity index (χ4n) is 2.99. The zero-order valence-electron chi connectivity index (χ0n) is 15.9. The normalized spacial score (nSPS) is 10.9. The number of rotatable bonds is 5. The van der Waals surface area contributed by atoms with E-state index in [4.69, 9.17) is 4.74 Å². The van der Waals surface area contributed by atoms with E-state index in [1.54, 1.807) is 18.3 Å². The van der Waals surface area contributed by atoms with Gasteiger partial charge in [-0.1, -0.05) is 0 Å². The second-order valence-corrected chi connectivity index (χ2v) is 8.03. The molecule has 0 saturated heterocycles. The van der Waals surface area contributed by atoms with Gasteiger partial charge in [-0.15, -0.1) is 0 Å². The van der Waals surface area contributed by atoms with Gasteiger partial charge < -0.3 is 4.74 Å². The maximum absolute atomic E-state index is 14.0. The van der Waals surface area contributed by atoms with Crippen molar-refractivity contribution in [2.45, 2.75) is 4.90 Å². The number of sulfonamides is 1. The summed E-state index contributed by atoms with van der Waals surface area (Å²) in [6.45, 7) is 0. The molecule has 12 heteroatoms. The Hall–Kier alpha value is -3.04. The van der Waals surface area contributed by atoms with Crippen molar-refractivity contribution in [2.75, 3.05) is 11.8 Å². The third kappa shape index (κ3) is 4.44. The standard InChI is InChI=1S/C20H13F2N5O3S.Na.H/c1-30-20-17(26-31(28,29)19-3-2-15(21)8-16(19)22)6-13(10-24-20)12-4-5-27-18(7-12)14(9-23)11-25-27;;/h2-8,10-11,26H,1H3;;. The molecule has 0 fully saturated rings. The topological polar surface area (TPSA) is 109 Å². The average Bonchev–Trinajstić information content (AvgIpc) is 3.15. The van der Waals surface area contributed by atoms with E-state index in [9.17, 15) is 22.5 Å². The molecular weight excluding hydrogens is 451 g/mol. The van der Waals surface area contributed by atoms with Gasteiger partial charge in [0.25, 0.3) is 10.0 Å². The molecule has 4 rings (SSSR count). The Morgan fingerprint density at radius 2 is 1.91 bits per heavy atom. The Morgan fingerprint density at radius 3 is 2.59 bits per heavy atom. The first-order valence-corrected chi connectivity index (χ1v) is 10.2. The van der Waals surface area contributed by atoms with Gasteiger partial charge in [-0.25, -0.2) is 26.7 Å². The number of fused-ring (bicyclic) bond motifs is 1. The van der Waals surface area contributed by atoms with E-state index in [1.165, 1.54) is 30.1 Å². The summed E-state index contributed by atoms with van der Waals surface area (Å²) in [6.07, 6.45) is 4.54. The second-order valence-electron chi connectivity index (χ2n) is 6.38. The van der Waals surface area contributed by atoms with Crippen molar-refractivity contribution in [1.82, 2.24) is 14.6 Å². The Kier molecular flexibility index (Phi) is 6.80. The number of anilines is 1. The molecule has 0 aliphatic carbocycles. The zero-order valence-corrected chi connectivity index (χ0v) is 16.7. The van der Waals surface area contributed by atoms with Crippen molar-refractivity contribution in [2.24, 2.45) is 0 Å². The molecule has 3 heterocycles. The molecule has 1 N–H and O–H groups in total. The fourth-order valence-corrected chi connectivity index (χ4v) is 4.09. The van der Waals surface area contributed by atoms with Crippen LogP contribution in [0.1, 0.15) is 5.56 Å². The molecule has 1 aromatic carbocycles. The van der Waals surface area contributed by atoms with Crippen LogP contribution in [-0.4, -0.2) is 59.7 Å². The number of hydrogen-bond acceptors (Lipinski definition) is 6. The van der Waals surface area contributed by atoms with Gasteiger partial charge in [0.15, 0.2) is 0 Å². The third-order valence-corrected chi connectivity index (χ3v) is 5.85. The van der Waals surface area contributed by atoms with E-state index in [-0.39, 0.29) is 41.1 Å². The van der Waals surface area contributed by atoms with Gasteiger partial charge in [0, 0.05) is 24.0 Å². The summed E-state index contributed by atoms with van der Waals surface area (Å²) >= 11 is 0. The molecule has 4 aromatic rings. The number of nitrogens with one attached hydrogen (secondary N) is 1. The molecular formula is C20H14F2N5NaO3S. The summed E-state index contributed by atoms with van der Waals surface area (Å²) in [5.74, 6) is -2.17. The summed E-state index contributed by atoms with van der Waals surface area (Å²) in [5, 5.41) is 13.3. The molecule has 0 aliphatic heterocycles. The Balaban J connectivity index is 0.00000289. The van der Waals surface area contributed by atoms with Crippen molar-refractivity contribution < 1.29 is 21.9 Å². The van der Waals surface area contributed by atoms with Crippen LogP contribution in [0.2, 0.25) is 0 Å². The van der Waals surface area contributed by atoms with Crippen LogP contribution >= 0.6 is 0 Å². The fraction of sp³-hybridized carbons (Fsp3) is 0.0500. The van der Waals surface area contributed by atoms with Gasteiger partial charge in [-0.2, -0.15) is 10.4 Å². The molecule has 0 bridgehead atoms. The Morgan fingerprint density at radius 1 is 1.12 bits per heavy atom. The SMILES string of the molecule is COc1ncc(-c2ccn3ncc(C#N)c3c2)cc1NS(=O)(=O)c1ccc(F)cc1F.[NaH]. The molecule has 0 radical (unpaired) electrons. The molecule has 3 aromatic heterocycles. The summed E-state index contributed by atoms with van der Waals surface area (Å²) in [5.41, 5.74) is 2.03. The summed E-state index contributed by atoms with van der Waals surface area (Å²) in [7, 11) is -3.10. The van der Waals surface area contributed by atoms with Crippen LogP contribution in [0.25, 0.3) is 16.6 Å². The average molecular weight is 465 g/mol. The van der Waals surface area contributed by atoms with Crippen LogP contribution in [0.3, 0.4) is 0 Å². The minimum absolute atomic E-state index is 0. The van der Waals surface area contributed by atoms with Crippen molar-refractivity contribution in [3.05, 3.63) is 72.2 Å². The number of nitrogens with zero attached hydrogens (tertiary/aromatic N) is 4. The first-order chi connectivity index (χ1) is 14.8.